The van der Waals surface area contributed by atoms with Gasteiger partial charge in [-0.25, -0.2) is 0 Å². The molecule has 0 radical (unpaired) electrons. The summed E-state index contributed by atoms with van der Waals surface area (Å²) in [6, 6.07) is 6.79. The molecule has 1 aliphatic rings. The molecule has 1 aromatic heterocycles. The van der Waals surface area contributed by atoms with Crippen molar-refractivity contribution in [3.05, 3.63) is 53.9 Å². The van der Waals surface area contributed by atoms with Crippen molar-refractivity contribution < 1.29 is 0 Å². The normalized spacial score (nSPS) is 15.2. The van der Waals surface area contributed by atoms with Gasteiger partial charge in [-0.3, -0.25) is 10.9 Å². The van der Waals surface area contributed by atoms with Crippen LogP contribution in [0.15, 0.2) is 42.7 Å². The molecule has 0 aliphatic carbocycles. The van der Waals surface area contributed by atoms with Crippen molar-refractivity contribution >= 4 is 16.5 Å². The monoisotopic (exact) mass is 324 g/mol. The molecular formula is C20H28N4. The minimum absolute atomic E-state index is 0.917. The van der Waals surface area contributed by atoms with Crippen LogP contribution in [0.2, 0.25) is 0 Å². The zero-order valence-corrected chi connectivity index (χ0v) is 14.8. The molecule has 3 N–H and O–H groups in total. The summed E-state index contributed by atoms with van der Waals surface area (Å²) < 4.78 is 0. The van der Waals surface area contributed by atoms with Crippen LogP contribution in [-0.4, -0.2) is 41.6 Å². The first-order chi connectivity index (χ1) is 11.5. The molecule has 1 aromatic carbocycles. The summed E-state index contributed by atoms with van der Waals surface area (Å²) in [7, 11) is 1.91. The average Bonchev–Trinajstić information content (AvgIpc) is 2.98. The Kier molecular flexibility index (Phi) is 5.07. The molecular weight excluding hydrogens is 296 g/mol. The number of benzene rings is 1. The van der Waals surface area contributed by atoms with Crippen LogP contribution in [-0.2, 0) is 6.42 Å². The molecule has 0 bridgehead atoms. The smallest absolute Gasteiger partial charge is 0.0463 e. The predicted octanol–water partition coefficient (Wildman–Crippen LogP) is 3.53. The van der Waals surface area contributed by atoms with Gasteiger partial charge in [-0.2, -0.15) is 0 Å². The summed E-state index contributed by atoms with van der Waals surface area (Å²) in [5, 5.41) is 3.07. The number of fused-ring (bicyclic) bond motifs is 1. The highest BCUT2D eigenvalue weighted by molar-refractivity contribution is 5.93. The Morgan fingerprint density at radius 3 is 2.92 bits per heavy atom. The third-order valence-corrected chi connectivity index (χ3v) is 4.82. The zero-order valence-electron chi connectivity index (χ0n) is 14.8. The minimum Gasteiger partial charge on any atom is -0.371 e. The molecule has 0 unspecified atom stereocenters. The Labute approximate surface area is 144 Å². The van der Waals surface area contributed by atoms with Crippen LogP contribution in [0.5, 0.6) is 0 Å². The van der Waals surface area contributed by atoms with E-state index >= 15 is 0 Å². The van der Waals surface area contributed by atoms with E-state index in [1.807, 2.05) is 7.05 Å². The van der Waals surface area contributed by atoms with Gasteiger partial charge in [0.15, 0.2) is 0 Å². The van der Waals surface area contributed by atoms with Crippen molar-refractivity contribution in [2.75, 3.05) is 26.7 Å². The van der Waals surface area contributed by atoms with Crippen molar-refractivity contribution in [3.8, 4) is 0 Å². The molecule has 0 atom stereocenters. The third-order valence-electron chi connectivity index (χ3n) is 4.82. The predicted molar refractivity (Wildman–Crippen MR) is 102 cm³/mol. The molecule has 24 heavy (non-hydrogen) atoms. The van der Waals surface area contributed by atoms with E-state index in [9.17, 15) is 0 Å². The van der Waals surface area contributed by atoms with Crippen LogP contribution in [0.4, 0.5) is 0 Å². The fourth-order valence-electron chi connectivity index (χ4n) is 3.39. The van der Waals surface area contributed by atoms with Crippen LogP contribution >= 0.6 is 0 Å². The number of nitrogens with one attached hydrogen (secondary N) is 1. The molecule has 0 saturated carbocycles. The van der Waals surface area contributed by atoms with Crippen molar-refractivity contribution in [1.29, 1.82) is 0 Å². The number of nitrogens with two attached hydrogens (primary N) is 1. The molecule has 3 rings (SSSR count). The van der Waals surface area contributed by atoms with E-state index in [0.717, 1.165) is 44.6 Å². The zero-order chi connectivity index (χ0) is 17.1. The molecule has 1 aliphatic heterocycles. The number of hydrogen-bond acceptors (Lipinski definition) is 3. The lowest BCUT2D eigenvalue weighted by Crippen LogP contribution is -2.27. The number of aromatic amines is 1. The minimum atomic E-state index is 0.917. The number of rotatable bonds is 6. The summed E-state index contributed by atoms with van der Waals surface area (Å²) in [5.41, 5.74) is 6.53. The number of allylic oxidation sites excluding steroid dienone is 1. The topological polar surface area (TPSA) is 48.3 Å². The standard InChI is InChI=1S/C20H28N4/c1-15(2)24-11-8-17(9-12-24)19-14-22-20-13-16(6-7-18(19)20)5-4-10-23(3)21/h6-8,13-14,22H,1,4-5,9-12,21H2,2-3H3. The maximum absolute atomic E-state index is 5.67. The molecule has 0 saturated heterocycles. The van der Waals surface area contributed by atoms with E-state index in [2.05, 4.69) is 53.9 Å². The highest BCUT2D eigenvalue weighted by Gasteiger charge is 2.15. The molecule has 0 amide bonds. The van der Waals surface area contributed by atoms with Gasteiger partial charge in [0.2, 0.25) is 0 Å². The lowest BCUT2D eigenvalue weighted by molar-refractivity contribution is 0.343. The van der Waals surface area contributed by atoms with Crippen LogP contribution in [0.3, 0.4) is 0 Å². The van der Waals surface area contributed by atoms with E-state index in [1.165, 1.54) is 27.6 Å². The van der Waals surface area contributed by atoms with Gasteiger partial charge in [0.25, 0.3) is 0 Å². The molecule has 2 heterocycles. The third kappa shape index (κ3) is 3.71. The highest BCUT2D eigenvalue weighted by Crippen LogP contribution is 2.30. The van der Waals surface area contributed by atoms with Gasteiger partial charge in [0.1, 0.15) is 0 Å². The van der Waals surface area contributed by atoms with Gasteiger partial charge in [-0.05, 0) is 43.4 Å². The Balaban J connectivity index is 1.75. The lowest BCUT2D eigenvalue weighted by atomic mass is 9.97. The van der Waals surface area contributed by atoms with E-state index < -0.39 is 0 Å². The number of aromatic nitrogens is 1. The van der Waals surface area contributed by atoms with E-state index in [4.69, 9.17) is 5.84 Å². The summed E-state index contributed by atoms with van der Waals surface area (Å²) in [6.07, 6.45) is 7.70. The number of hydrogen-bond donors (Lipinski definition) is 2. The van der Waals surface area contributed by atoms with Crippen molar-refractivity contribution in [3.63, 3.8) is 0 Å². The van der Waals surface area contributed by atoms with Gasteiger partial charge < -0.3 is 9.88 Å². The molecule has 4 nitrogen and oxygen atoms in total. The molecule has 128 valence electrons. The second-order valence-electron chi connectivity index (χ2n) is 6.83. The second kappa shape index (κ2) is 7.24. The van der Waals surface area contributed by atoms with Gasteiger partial charge >= 0.3 is 0 Å². The van der Waals surface area contributed by atoms with Gasteiger partial charge in [-0.15, -0.1) is 0 Å². The average molecular weight is 324 g/mol. The quantitative estimate of drug-likeness (QED) is 0.631. The Hall–Kier alpha value is -2.04. The molecule has 4 heteroatoms. The maximum Gasteiger partial charge on any atom is 0.0463 e. The fraction of sp³-hybridized carbons (Fsp3) is 0.400. The first kappa shape index (κ1) is 16.8. The van der Waals surface area contributed by atoms with E-state index in [-0.39, 0.29) is 0 Å². The van der Waals surface area contributed by atoms with Gasteiger partial charge in [0, 0.05) is 55.0 Å². The van der Waals surface area contributed by atoms with Crippen LogP contribution in [0.1, 0.15) is 30.9 Å². The highest BCUT2D eigenvalue weighted by atomic mass is 15.4. The summed E-state index contributed by atoms with van der Waals surface area (Å²) in [4.78, 5) is 5.78. The van der Waals surface area contributed by atoms with Crippen LogP contribution in [0.25, 0.3) is 16.5 Å². The SMILES string of the molecule is C=C(C)N1CC=C(c2c[nH]c3cc(CCCN(C)N)ccc23)CC1. The van der Waals surface area contributed by atoms with Crippen LogP contribution in [0, 0.1) is 0 Å². The van der Waals surface area contributed by atoms with Crippen molar-refractivity contribution in [1.82, 2.24) is 14.9 Å². The Morgan fingerprint density at radius 1 is 1.42 bits per heavy atom. The first-order valence-electron chi connectivity index (χ1n) is 8.70. The fourth-order valence-corrected chi connectivity index (χ4v) is 3.39. The summed E-state index contributed by atoms with van der Waals surface area (Å²) in [6.45, 7) is 9.05. The maximum atomic E-state index is 5.67. The van der Waals surface area contributed by atoms with Crippen molar-refractivity contribution in [2.24, 2.45) is 5.84 Å². The Bertz CT molecular complexity index is 754. The Morgan fingerprint density at radius 2 is 2.25 bits per heavy atom. The molecule has 0 spiro atoms. The summed E-state index contributed by atoms with van der Waals surface area (Å²) in [5.74, 6) is 5.67. The number of nitrogens with zero attached hydrogens (tertiary/aromatic N) is 2. The summed E-state index contributed by atoms with van der Waals surface area (Å²) >= 11 is 0. The molecule has 0 fully saturated rings. The number of hydrazine groups is 1. The molecule has 2 aromatic rings. The second-order valence-corrected chi connectivity index (χ2v) is 6.83. The number of aryl methyl sites for hydroxylation is 1. The largest absolute Gasteiger partial charge is 0.371 e. The van der Waals surface area contributed by atoms with Crippen molar-refractivity contribution in [2.45, 2.75) is 26.2 Å². The van der Waals surface area contributed by atoms with Crippen LogP contribution < -0.4 is 5.84 Å². The van der Waals surface area contributed by atoms with Gasteiger partial charge in [-0.1, -0.05) is 24.8 Å². The first-order valence-corrected chi connectivity index (χ1v) is 8.70. The number of H-pyrrole nitrogens is 1. The van der Waals surface area contributed by atoms with E-state index in [0.29, 0.717) is 0 Å². The van der Waals surface area contributed by atoms with Gasteiger partial charge in [0.05, 0.1) is 0 Å². The lowest BCUT2D eigenvalue weighted by Gasteiger charge is -2.28. The van der Waals surface area contributed by atoms with E-state index in [1.54, 1.807) is 5.01 Å².